The van der Waals surface area contributed by atoms with Crippen molar-refractivity contribution in [2.45, 2.75) is 0 Å². The molecule has 0 saturated carbocycles. The van der Waals surface area contributed by atoms with Crippen LogP contribution in [0.1, 0.15) is 0 Å². The molecule has 0 aliphatic heterocycles. The van der Waals surface area contributed by atoms with E-state index >= 15 is 0 Å². The van der Waals surface area contributed by atoms with Gasteiger partial charge in [-0.15, -0.1) is 0 Å². The molecule has 60 heavy (non-hydrogen) atoms. The summed E-state index contributed by atoms with van der Waals surface area (Å²) in [7, 11) is 0. The first-order valence-electron chi connectivity index (χ1n) is 20.5. The van der Waals surface area contributed by atoms with Gasteiger partial charge in [-0.1, -0.05) is 182 Å². The molecule has 2 aromatic heterocycles. The van der Waals surface area contributed by atoms with Crippen LogP contribution in [0.3, 0.4) is 0 Å². The Bertz CT molecular complexity index is 3520. The van der Waals surface area contributed by atoms with Gasteiger partial charge in [-0.2, -0.15) is 0 Å². The van der Waals surface area contributed by atoms with E-state index in [9.17, 15) is 0 Å². The molecule has 0 atom stereocenters. The van der Waals surface area contributed by atoms with Crippen molar-refractivity contribution in [3.05, 3.63) is 218 Å². The molecule has 0 aliphatic carbocycles. The Hall–Kier alpha value is -7.94. The van der Waals surface area contributed by atoms with Gasteiger partial charge < -0.3 is 8.83 Å². The first kappa shape index (κ1) is 34.1. The van der Waals surface area contributed by atoms with Crippen LogP contribution in [0, 0.1) is 0 Å². The van der Waals surface area contributed by atoms with Crippen molar-refractivity contribution in [3.8, 4) is 67.0 Å². The largest absolute Gasteiger partial charge is 0.456 e. The average Bonchev–Trinajstić information content (AvgIpc) is 3.90. The highest BCUT2D eigenvalue weighted by Gasteiger charge is 2.20. The third-order valence-electron chi connectivity index (χ3n) is 12.1. The Balaban J connectivity index is 0.956. The number of hydrogen-bond donors (Lipinski definition) is 0. The monoisotopic (exact) mass is 764 g/mol. The third-order valence-corrected chi connectivity index (χ3v) is 12.1. The van der Waals surface area contributed by atoms with Crippen molar-refractivity contribution in [1.82, 2.24) is 0 Å². The molecule has 0 aliphatic rings. The fourth-order valence-corrected chi connectivity index (χ4v) is 9.30. The van der Waals surface area contributed by atoms with E-state index in [0.29, 0.717) is 0 Å². The van der Waals surface area contributed by atoms with Crippen molar-refractivity contribution < 1.29 is 8.83 Å². The molecule has 2 heterocycles. The summed E-state index contributed by atoms with van der Waals surface area (Å²) >= 11 is 0. The maximum Gasteiger partial charge on any atom is 0.143 e. The topological polar surface area (TPSA) is 26.3 Å². The molecule has 0 radical (unpaired) electrons. The number of furan rings is 2. The lowest BCUT2D eigenvalue weighted by molar-refractivity contribution is 0.632. The van der Waals surface area contributed by atoms with Crippen LogP contribution in [-0.2, 0) is 0 Å². The van der Waals surface area contributed by atoms with Crippen molar-refractivity contribution in [3.63, 3.8) is 0 Å². The minimum Gasteiger partial charge on any atom is -0.456 e. The highest BCUT2D eigenvalue weighted by Crippen LogP contribution is 2.46. The van der Waals surface area contributed by atoms with Crippen LogP contribution in [0.15, 0.2) is 227 Å². The lowest BCUT2D eigenvalue weighted by Gasteiger charge is -2.18. The van der Waals surface area contributed by atoms with Crippen LogP contribution in [0.5, 0.6) is 0 Å². The molecular weight excluding hydrogens is 729 g/mol. The van der Waals surface area contributed by atoms with Gasteiger partial charge in [0.15, 0.2) is 0 Å². The van der Waals surface area contributed by atoms with Crippen molar-refractivity contribution in [2.24, 2.45) is 0 Å². The number of fused-ring (bicyclic) bond motifs is 6. The van der Waals surface area contributed by atoms with E-state index in [4.69, 9.17) is 8.83 Å². The van der Waals surface area contributed by atoms with Gasteiger partial charge in [0.2, 0.25) is 0 Å². The van der Waals surface area contributed by atoms with Gasteiger partial charge in [0.05, 0.1) is 0 Å². The summed E-state index contributed by atoms with van der Waals surface area (Å²) in [5, 5.41) is 8.31. The summed E-state index contributed by atoms with van der Waals surface area (Å²) in [6.07, 6.45) is 0. The molecule has 0 saturated heterocycles. The molecule has 12 aromatic rings. The molecule has 2 nitrogen and oxygen atoms in total. The van der Waals surface area contributed by atoms with E-state index in [1.807, 2.05) is 18.2 Å². The predicted octanol–water partition coefficient (Wildman–Crippen LogP) is 16.6. The average molecular weight is 765 g/mol. The zero-order valence-corrected chi connectivity index (χ0v) is 32.6. The molecule has 0 spiro atoms. The lowest BCUT2D eigenvalue weighted by atomic mass is 9.85. The second-order valence-corrected chi connectivity index (χ2v) is 15.6. The molecular formula is C58H36O2. The van der Waals surface area contributed by atoms with E-state index in [-0.39, 0.29) is 0 Å². The summed E-state index contributed by atoms with van der Waals surface area (Å²) < 4.78 is 12.9. The normalized spacial score (nSPS) is 11.7. The zero-order valence-electron chi connectivity index (χ0n) is 32.6. The Morgan fingerprint density at radius 1 is 0.200 bits per heavy atom. The number of benzene rings is 10. The highest BCUT2D eigenvalue weighted by atomic mass is 16.3. The fourth-order valence-electron chi connectivity index (χ4n) is 9.30. The molecule has 0 unspecified atom stereocenters. The van der Waals surface area contributed by atoms with Crippen LogP contribution in [-0.4, -0.2) is 0 Å². The Kier molecular flexibility index (Phi) is 7.89. The first-order valence-corrected chi connectivity index (χ1v) is 20.5. The second-order valence-electron chi connectivity index (χ2n) is 15.6. The molecule has 280 valence electrons. The predicted molar refractivity (Wildman–Crippen MR) is 251 cm³/mol. The number of para-hydroxylation sites is 1. The first-order chi connectivity index (χ1) is 29.7. The van der Waals surface area contributed by atoms with Crippen molar-refractivity contribution in [1.29, 1.82) is 0 Å². The van der Waals surface area contributed by atoms with Crippen LogP contribution in [0.25, 0.3) is 121 Å². The summed E-state index contributed by atoms with van der Waals surface area (Å²) in [5.74, 6) is 0.891. The number of rotatable bonds is 6. The second kappa shape index (κ2) is 13.9. The molecule has 0 fully saturated rings. The van der Waals surface area contributed by atoms with Crippen LogP contribution >= 0.6 is 0 Å². The molecule has 2 heteroatoms. The molecule has 12 rings (SSSR count). The van der Waals surface area contributed by atoms with Crippen molar-refractivity contribution >= 4 is 54.5 Å². The standard InChI is InChI=1S/C58H36O2/c1-3-14-38(15-4-1)57-50-32-30-43(36-54(50)60-58(57)40-16-5-2-6-17-40)37-26-28-39(29-27-37)55-46-21-7-9-23-48(46)56(49-24-10-8-22-47(49)55)44-19-13-18-41(34-44)42-31-33-53-51(35-42)45-20-11-12-25-52(45)59-53/h1-36H. The summed E-state index contributed by atoms with van der Waals surface area (Å²) in [6, 6.07) is 78.1. The quantitative estimate of drug-likeness (QED) is 0.158. The van der Waals surface area contributed by atoms with E-state index in [0.717, 1.165) is 66.5 Å². The maximum absolute atomic E-state index is 6.70. The van der Waals surface area contributed by atoms with E-state index in [2.05, 4.69) is 200 Å². The van der Waals surface area contributed by atoms with Crippen LogP contribution in [0.2, 0.25) is 0 Å². The van der Waals surface area contributed by atoms with Crippen molar-refractivity contribution in [2.75, 3.05) is 0 Å². The smallest absolute Gasteiger partial charge is 0.143 e. The van der Waals surface area contributed by atoms with E-state index in [1.54, 1.807) is 0 Å². The SMILES string of the molecule is c1ccc(-c2oc3cc(-c4ccc(-c5c6ccccc6c(-c6cccc(-c7ccc8oc9ccccc9c8c7)c6)c6ccccc56)cc4)ccc3c2-c2ccccc2)cc1. The molecule has 10 aromatic carbocycles. The van der Waals surface area contributed by atoms with Gasteiger partial charge in [-0.25, -0.2) is 0 Å². The molecule has 0 N–H and O–H groups in total. The third kappa shape index (κ3) is 5.57. The minimum absolute atomic E-state index is 0.876. The van der Waals surface area contributed by atoms with Crippen LogP contribution in [0.4, 0.5) is 0 Å². The van der Waals surface area contributed by atoms with Crippen LogP contribution < -0.4 is 0 Å². The van der Waals surface area contributed by atoms with Gasteiger partial charge in [-0.05, 0) is 108 Å². The Morgan fingerprint density at radius 3 is 1.37 bits per heavy atom. The highest BCUT2D eigenvalue weighted by molar-refractivity contribution is 6.21. The van der Waals surface area contributed by atoms with Gasteiger partial charge in [0.1, 0.15) is 22.5 Å². The Labute approximate surface area is 347 Å². The van der Waals surface area contributed by atoms with E-state index in [1.165, 1.54) is 54.9 Å². The minimum atomic E-state index is 0.876. The fraction of sp³-hybridized carbons (Fsp3) is 0. The van der Waals surface area contributed by atoms with Gasteiger partial charge >= 0.3 is 0 Å². The number of hydrogen-bond acceptors (Lipinski definition) is 2. The molecule has 0 bridgehead atoms. The summed E-state index contributed by atoms with van der Waals surface area (Å²) in [5.41, 5.74) is 15.5. The van der Waals surface area contributed by atoms with Gasteiger partial charge in [-0.3, -0.25) is 0 Å². The molecule has 0 amide bonds. The zero-order chi connectivity index (χ0) is 39.6. The Morgan fingerprint density at radius 2 is 0.667 bits per heavy atom. The van der Waals surface area contributed by atoms with Gasteiger partial charge in [0.25, 0.3) is 0 Å². The summed E-state index contributed by atoms with van der Waals surface area (Å²) in [6.45, 7) is 0. The van der Waals surface area contributed by atoms with Gasteiger partial charge in [0, 0.05) is 27.3 Å². The maximum atomic E-state index is 6.70. The lowest BCUT2D eigenvalue weighted by Crippen LogP contribution is -1.91. The summed E-state index contributed by atoms with van der Waals surface area (Å²) in [4.78, 5) is 0. The van der Waals surface area contributed by atoms with E-state index < -0.39 is 0 Å².